The second-order valence-electron chi connectivity index (χ2n) is 1.29. The minimum absolute atomic E-state index is 0. The van der Waals surface area contributed by atoms with Gasteiger partial charge in [-0.1, -0.05) is 0 Å². The molecule has 0 atom stereocenters. The van der Waals surface area contributed by atoms with Gasteiger partial charge in [-0.3, -0.25) is 4.79 Å². The molecule has 46 valence electrons. The van der Waals surface area contributed by atoms with Gasteiger partial charge in [-0.25, -0.2) is 0 Å². The molecule has 4 heteroatoms. The Hall–Kier alpha value is 0.196. The quantitative estimate of drug-likeness (QED) is 0.475. The molecule has 3 nitrogen and oxygen atoms in total. The smallest absolute Gasteiger partial charge is 0.316 e. The van der Waals surface area contributed by atoms with Crippen molar-refractivity contribution in [1.82, 2.24) is 0 Å². The van der Waals surface area contributed by atoms with Crippen LogP contribution in [-0.2, 0) is 4.79 Å². The van der Waals surface area contributed by atoms with Crippen molar-refractivity contribution in [3.63, 3.8) is 0 Å². The molecular formula is C4H11MgNO2. The van der Waals surface area contributed by atoms with E-state index in [9.17, 15) is 4.79 Å². The van der Waals surface area contributed by atoms with Crippen LogP contribution in [0, 0.1) is 0 Å². The SMILES string of the molecule is NCCCC(=O)O.[MgH2]. The molecule has 0 heterocycles. The molecule has 0 aliphatic carbocycles. The van der Waals surface area contributed by atoms with E-state index in [0.717, 1.165) is 0 Å². The highest BCUT2D eigenvalue weighted by Gasteiger charge is 1.91. The molecule has 0 aromatic carbocycles. The number of carboxylic acid groups (broad SMARTS) is 1. The van der Waals surface area contributed by atoms with E-state index in [-0.39, 0.29) is 29.5 Å². The summed E-state index contributed by atoms with van der Waals surface area (Å²) in [7, 11) is 0. The second-order valence-corrected chi connectivity index (χ2v) is 1.29. The highest BCUT2D eigenvalue weighted by atomic mass is 24.3. The highest BCUT2D eigenvalue weighted by Crippen LogP contribution is 1.82. The van der Waals surface area contributed by atoms with Gasteiger partial charge >= 0.3 is 29.0 Å². The lowest BCUT2D eigenvalue weighted by Crippen LogP contribution is -2.02. The van der Waals surface area contributed by atoms with Crippen LogP contribution in [0.3, 0.4) is 0 Å². The largest absolute Gasteiger partial charge is 0.481 e. The Kier molecular flexibility index (Phi) is 9.94. The Morgan fingerprint density at radius 1 is 1.62 bits per heavy atom. The molecule has 0 amide bonds. The predicted molar refractivity (Wildman–Crippen MR) is 34.5 cm³/mol. The van der Waals surface area contributed by atoms with Crippen LogP contribution in [0.25, 0.3) is 0 Å². The van der Waals surface area contributed by atoms with E-state index in [0.29, 0.717) is 13.0 Å². The Morgan fingerprint density at radius 2 is 2.12 bits per heavy atom. The summed E-state index contributed by atoms with van der Waals surface area (Å²) >= 11 is 0. The van der Waals surface area contributed by atoms with Crippen molar-refractivity contribution >= 4 is 29.0 Å². The lowest BCUT2D eigenvalue weighted by molar-refractivity contribution is -0.137. The van der Waals surface area contributed by atoms with Crippen LogP contribution in [0.5, 0.6) is 0 Å². The van der Waals surface area contributed by atoms with Crippen molar-refractivity contribution in [1.29, 1.82) is 0 Å². The van der Waals surface area contributed by atoms with Crippen LogP contribution >= 0.6 is 0 Å². The zero-order chi connectivity index (χ0) is 5.70. The van der Waals surface area contributed by atoms with Gasteiger partial charge in [0, 0.05) is 6.42 Å². The van der Waals surface area contributed by atoms with E-state index in [1.807, 2.05) is 0 Å². The van der Waals surface area contributed by atoms with E-state index in [1.165, 1.54) is 0 Å². The first-order valence-electron chi connectivity index (χ1n) is 2.19. The van der Waals surface area contributed by atoms with Gasteiger partial charge in [0.25, 0.3) is 0 Å². The summed E-state index contributed by atoms with van der Waals surface area (Å²) in [5.74, 6) is -0.773. The first-order valence-corrected chi connectivity index (χ1v) is 2.19. The molecule has 0 fully saturated rings. The zero-order valence-electron chi connectivity index (χ0n) is 4.05. The fraction of sp³-hybridized carbons (Fsp3) is 0.750. The van der Waals surface area contributed by atoms with E-state index in [4.69, 9.17) is 10.8 Å². The van der Waals surface area contributed by atoms with Crippen LogP contribution in [0.4, 0.5) is 0 Å². The first-order chi connectivity index (χ1) is 3.27. The number of carboxylic acids is 1. The average Bonchev–Trinajstić information content (AvgIpc) is 1.61. The van der Waals surface area contributed by atoms with Gasteiger partial charge in [-0.15, -0.1) is 0 Å². The fourth-order valence-electron chi connectivity index (χ4n) is 0.253. The molecule has 0 aliphatic heterocycles. The lowest BCUT2D eigenvalue weighted by atomic mass is 10.3. The first kappa shape index (κ1) is 11.1. The van der Waals surface area contributed by atoms with Gasteiger partial charge < -0.3 is 10.8 Å². The summed E-state index contributed by atoms with van der Waals surface area (Å²) in [6.45, 7) is 0.465. The molecule has 0 spiro atoms. The van der Waals surface area contributed by atoms with Crippen LogP contribution in [0.15, 0.2) is 0 Å². The van der Waals surface area contributed by atoms with Crippen LogP contribution in [0.1, 0.15) is 12.8 Å². The monoisotopic (exact) mass is 129 g/mol. The fourth-order valence-corrected chi connectivity index (χ4v) is 0.253. The zero-order valence-corrected chi connectivity index (χ0v) is 4.05. The van der Waals surface area contributed by atoms with Crippen LogP contribution in [0.2, 0.25) is 0 Å². The van der Waals surface area contributed by atoms with Crippen molar-refractivity contribution in [3.8, 4) is 0 Å². The summed E-state index contributed by atoms with van der Waals surface area (Å²) in [5, 5.41) is 7.99. The number of nitrogens with two attached hydrogens (primary N) is 1. The molecule has 0 aromatic rings. The van der Waals surface area contributed by atoms with Gasteiger partial charge in [0.15, 0.2) is 0 Å². The third kappa shape index (κ3) is 9.50. The number of aliphatic carboxylic acids is 1. The van der Waals surface area contributed by atoms with Crippen molar-refractivity contribution in [2.45, 2.75) is 12.8 Å². The maximum absolute atomic E-state index is 9.70. The topological polar surface area (TPSA) is 63.3 Å². The van der Waals surface area contributed by atoms with Crippen LogP contribution in [-0.4, -0.2) is 40.7 Å². The summed E-state index contributed by atoms with van der Waals surface area (Å²) < 4.78 is 0. The number of hydrogen-bond acceptors (Lipinski definition) is 2. The Labute approximate surface area is 64.4 Å². The summed E-state index contributed by atoms with van der Waals surface area (Å²) in [5.41, 5.74) is 5.01. The van der Waals surface area contributed by atoms with E-state index < -0.39 is 5.97 Å². The third-order valence-corrected chi connectivity index (χ3v) is 0.595. The average molecular weight is 129 g/mol. The third-order valence-electron chi connectivity index (χ3n) is 0.595. The van der Waals surface area contributed by atoms with Crippen molar-refractivity contribution in [2.75, 3.05) is 6.54 Å². The normalized spacial score (nSPS) is 7.62. The minimum atomic E-state index is -0.773. The molecule has 0 aromatic heterocycles. The lowest BCUT2D eigenvalue weighted by Gasteiger charge is -1.86. The Morgan fingerprint density at radius 3 is 2.25 bits per heavy atom. The molecule has 0 aliphatic rings. The highest BCUT2D eigenvalue weighted by molar-refractivity contribution is 5.75. The van der Waals surface area contributed by atoms with Crippen molar-refractivity contribution in [3.05, 3.63) is 0 Å². The van der Waals surface area contributed by atoms with E-state index >= 15 is 0 Å². The van der Waals surface area contributed by atoms with Gasteiger partial charge in [0.2, 0.25) is 0 Å². The number of carbonyl (C=O) groups is 1. The van der Waals surface area contributed by atoms with Gasteiger partial charge in [0.05, 0.1) is 0 Å². The molecule has 3 N–H and O–H groups in total. The number of hydrogen-bond donors (Lipinski definition) is 2. The Balaban J connectivity index is 0. The van der Waals surface area contributed by atoms with Crippen molar-refractivity contribution in [2.24, 2.45) is 5.73 Å². The maximum atomic E-state index is 9.70. The summed E-state index contributed by atoms with van der Waals surface area (Å²) in [6.07, 6.45) is 0.770. The van der Waals surface area contributed by atoms with E-state index in [1.54, 1.807) is 0 Å². The minimum Gasteiger partial charge on any atom is -0.481 e. The molecule has 0 unspecified atom stereocenters. The molecule has 0 saturated heterocycles. The second kappa shape index (κ2) is 7.20. The van der Waals surface area contributed by atoms with Gasteiger partial charge in [-0.2, -0.15) is 0 Å². The molecule has 0 saturated carbocycles. The van der Waals surface area contributed by atoms with Gasteiger partial charge in [-0.05, 0) is 13.0 Å². The van der Waals surface area contributed by atoms with E-state index in [2.05, 4.69) is 0 Å². The summed E-state index contributed by atoms with van der Waals surface area (Å²) in [4.78, 5) is 9.70. The predicted octanol–water partition coefficient (Wildman–Crippen LogP) is -1.11. The summed E-state index contributed by atoms with van der Waals surface area (Å²) in [6, 6.07) is 0. The molecule has 0 bridgehead atoms. The molecule has 8 heavy (non-hydrogen) atoms. The van der Waals surface area contributed by atoms with Crippen LogP contribution < -0.4 is 5.73 Å². The van der Waals surface area contributed by atoms with Gasteiger partial charge in [0.1, 0.15) is 0 Å². The standard InChI is InChI=1S/C4H9NO2.Mg.2H/c5-3-1-2-4(6)7;;;/h1-3,5H2,(H,6,7);;;. The molecule has 0 radical (unpaired) electrons. The number of rotatable bonds is 3. The molecule has 0 rings (SSSR count). The maximum Gasteiger partial charge on any atom is 0.316 e. The van der Waals surface area contributed by atoms with Crippen molar-refractivity contribution < 1.29 is 9.90 Å². The Bertz CT molecular complexity index is 67.1. The molecular weight excluding hydrogens is 118 g/mol.